The zero-order valence-corrected chi connectivity index (χ0v) is 23.4. The molecule has 2 aromatic carbocycles. The van der Waals surface area contributed by atoms with Crippen molar-refractivity contribution in [3.8, 4) is 5.75 Å². The summed E-state index contributed by atoms with van der Waals surface area (Å²) in [5, 5.41) is 21.8. The molecule has 43 heavy (non-hydrogen) atoms. The van der Waals surface area contributed by atoms with Crippen LogP contribution in [0.25, 0.3) is 5.65 Å². The number of ether oxygens (including phenoxy) is 1. The maximum atomic E-state index is 14.6. The van der Waals surface area contributed by atoms with Gasteiger partial charge in [0.05, 0.1) is 23.5 Å². The lowest BCUT2D eigenvalue weighted by Crippen LogP contribution is -2.45. The monoisotopic (exact) mass is 586 g/mol. The van der Waals surface area contributed by atoms with Crippen molar-refractivity contribution in [3.63, 3.8) is 0 Å². The molecule has 0 bridgehead atoms. The third kappa shape index (κ3) is 4.92. The lowest BCUT2D eigenvalue weighted by Gasteiger charge is -2.31. The van der Waals surface area contributed by atoms with Gasteiger partial charge in [0, 0.05) is 12.6 Å². The minimum Gasteiger partial charge on any atom is -0.478 e. The average molecular weight is 587 g/mol. The van der Waals surface area contributed by atoms with E-state index in [-0.39, 0.29) is 35.1 Å². The highest BCUT2D eigenvalue weighted by Crippen LogP contribution is 2.36. The first-order valence-corrected chi connectivity index (χ1v) is 13.6. The van der Waals surface area contributed by atoms with E-state index in [1.54, 1.807) is 45.0 Å². The normalized spacial score (nSPS) is 16.6. The summed E-state index contributed by atoms with van der Waals surface area (Å²) in [7, 11) is 0. The average Bonchev–Trinajstić information content (AvgIpc) is 3.55. The van der Waals surface area contributed by atoms with E-state index in [0.717, 1.165) is 21.8 Å². The maximum Gasteiger partial charge on any atom is 0.335 e. The van der Waals surface area contributed by atoms with Gasteiger partial charge in [-0.15, -0.1) is 0 Å². The Hall–Kier alpha value is -5.33. The molecule has 0 saturated carbocycles. The van der Waals surface area contributed by atoms with Crippen LogP contribution < -0.4 is 20.7 Å². The Labute approximate surface area is 244 Å². The number of nitrogens with zero attached hydrogens (tertiary/aromatic N) is 3. The molecular weight excluding hydrogens is 559 g/mol. The minimum absolute atomic E-state index is 0.0536. The summed E-state index contributed by atoms with van der Waals surface area (Å²) in [6, 6.07) is 9.14. The van der Waals surface area contributed by atoms with Crippen LogP contribution in [0, 0.1) is 12.7 Å². The van der Waals surface area contributed by atoms with Crippen LogP contribution in [0.1, 0.15) is 79.9 Å². The number of rotatable bonds is 6. The molecule has 1 atom stereocenters. The summed E-state index contributed by atoms with van der Waals surface area (Å²) < 4.78 is 21.3. The molecule has 12 nitrogen and oxygen atoms in total. The third-order valence-corrected chi connectivity index (χ3v) is 7.78. The molecule has 0 fully saturated rings. The van der Waals surface area contributed by atoms with Gasteiger partial charge >= 0.3 is 5.97 Å². The largest absolute Gasteiger partial charge is 0.478 e. The topological polar surface area (TPSA) is 164 Å². The second-order valence-electron chi connectivity index (χ2n) is 11.0. The fraction of sp³-hybridized carbons (Fsp3) is 0.267. The fourth-order valence-electron chi connectivity index (χ4n) is 5.45. The molecule has 0 saturated heterocycles. The van der Waals surface area contributed by atoms with E-state index in [0.29, 0.717) is 35.4 Å². The summed E-state index contributed by atoms with van der Waals surface area (Å²) in [5.74, 6) is -2.88. The Morgan fingerprint density at radius 1 is 1.19 bits per heavy atom. The van der Waals surface area contributed by atoms with Crippen LogP contribution in [-0.2, 0) is 17.8 Å². The van der Waals surface area contributed by atoms with Crippen molar-refractivity contribution >= 4 is 35.0 Å². The van der Waals surface area contributed by atoms with Gasteiger partial charge in [0.25, 0.3) is 17.7 Å². The summed E-state index contributed by atoms with van der Waals surface area (Å²) >= 11 is 0. The fourth-order valence-corrected chi connectivity index (χ4v) is 5.45. The summed E-state index contributed by atoms with van der Waals surface area (Å²) in [4.78, 5) is 54.5. The number of carbonyl (C=O) groups is 4. The summed E-state index contributed by atoms with van der Waals surface area (Å²) in [6.07, 6.45) is 2.04. The summed E-state index contributed by atoms with van der Waals surface area (Å²) in [6.45, 7) is 5.11. The van der Waals surface area contributed by atoms with E-state index >= 15 is 0 Å². The molecule has 13 heteroatoms. The van der Waals surface area contributed by atoms with Crippen LogP contribution in [0.3, 0.4) is 0 Å². The molecule has 220 valence electrons. The molecule has 0 unspecified atom stereocenters. The number of anilines is 1. The number of halogens is 1. The molecule has 0 spiro atoms. The van der Waals surface area contributed by atoms with Crippen molar-refractivity contribution in [1.82, 2.24) is 25.2 Å². The quantitative estimate of drug-likeness (QED) is 0.267. The first-order valence-electron chi connectivity index (χ1n) is 13.6. The van der Waals surface area contributed by atoms with Gasteiger partial charge in [-0.2, -0.15) is 5.10 Å². The molecule has 2 aromatic heterocycles. The number of aromatic carboxylic acids is 1. The number of hydrogen-bond donors (Lipinski definition) is 4. The van der Waals surface area contributed by atoms with Gasteiger partial charge in [-0.3, -0.25) is 14.4 Å². The second-order valence-corrected chi connectivity index (χ2v) is 11.0. The molecule has 1 aliphatic carbocycles. The zero-order chi connectivity index (χ0) is 30.6. The Morgan fingerprint density at radius 2 is 1.98 bits per heavy atom. The zero-order valence-electron chi connectivity index (χ0n) is 23.4. The molecule has 4 N–H and O–H groups in total. The van der Waals surface area contributed by atoms with Crippen LogP contribution in [0.5, 0.6) is 5.75 Å². The third-order valence-electron chi connectivity index (χ3n) is 7.78. The van der Waals surface area contributed by atoms with Crippen molar-refractivity contribution in [2.24, 2.45) is 0 Å². The van der Waals surface area contributed by atoms with E-state index in [4.69, 9.17) is 4.74 Å². The molecule has 0 radical (unpaired) electrons. The Kier molecular flexibility index (Phi) is 6.59. The predicted octanol–water partition coefficient (Wildman–Crippen LogP) is 3.33. The number of nitrogens with one attached hydrogen (secondary N) is 3. The van der Waals surface area contributed by atoms with Crippen molar-refractivity contribution in [1.29, 1.82) is 0 Å². The van der Waals surface area contributed by atoms with Gasteiger partial charge in [-0.25, -0.2) is 18.7 Å². The maximum absolute atomic E-state index is 14.6. The number of fused-ring (bicyclic) bond motifs is 3. The van der Waals surface area contributed by atoms with Crippen molar-refractivity contribution in [2.75, 3.05) is 5.32 Å². The lowest BCUT2D eigenvalue weighted by molar-refractivity contribution is -0.129. The van der Waals surface area contributed by atoms with Crippen molar-refractivity contribution < 1.29 is 33.4 Å². The number of carboxylic acids is 1. The van der Waals surface area contributed by atoms with Gasteiger partial charge in [0.2, 0.25) is 0 Å². The Bertz CT molecular complexity index is 1870. The van der Waals surface area contributed by atoms with Gasteiger partial charge in [-0.1, -0.05) is 12.1 Å². The number of amides is 3. The minimum atomic E-state index is -1.02. The van der Waals surface area contributed by atoms with E-state index in [2.05, 4.69) is 26.0 Å². The van der Waals surface area contributed by atoms with Crippen molar-refractivity contribution in [2.45, 2.75) is 51.8 Å². The molecule has 1 aliphatic heterocycles. The van der Waals surface area contributed by atoms with Gasteiger partial charge in [-0.05, 0) is 74.1 Å². The highest BCUT2D eigenvalue weighted by Gasteiger charge is 2.35. The molecule has 3 amide bonds. The van der Waals surface area contributed by atoms with Crippen LogP contribution in [0.15, 0.2) is 42.6 Å². The molecular formula is C30H27FN6O6. The highest BCUT2D eigenvalue weighted by molar-refractivity contribution is 6.00. The highest BCUT2D eigenvalue weighted by atomic mass is 19.1. The standard InChI is InChI=1S/C30H27FN6O6/c1-14-16-7-8-20(18(16)6-5-17(14)28(40)41)35-27(39)23-11-22(34-25-19(31)13-33-37(23)25)26(38)32-12-15-4-9-24-21(10-15)36-29(42)30(2,3)43-24/h4-6,9-11,13,20H,7-8,12H2,1-3H3,(H,32,38)(H,35,39)(H,36,42)(H,40,41)/t20-/m0/s1. The number of carboxylic acid groups (broad SMARTS) is 1. The van der Waals surface area contributed by atoms with E-state index in [1.165, 1.54) is 12.1 Å². The second kappa shape index (κ2) is 10.2. The van der Waals surface area contributed by atoms with Crippen LogP contribution in [-0.4, -0.2) is 49.0 Å². The number of aromatic nitrogens is 3. The van der Waals surface area contributed by atoms with Gasteiger partial charge in [0.1, 0.15) is 17.1 Å². The smallest absolute Gasteiger partial charge is 0.335 e. The Morgan fingerprint density at radius 3 is 2.74 bits per heavy atom. The van der Waals surface area contributed by atoms with Crippen molar-refractivity contribution in [3.05, 3.63) is 87.6 Å². The molecule has 2 aliphatic rings. The number of carbonyl (C=O) groups excluding carboxylic acids is 3. The molecule has 6 rings (SSSR count). The van der Waals surface area contributed by atoms with Crippen LogP contribution >= 0.6 is 0 Å². The van der Waals surface area contributed by atoms with Crippen LogP contribution in [0.4, 0.5) is 10.1 Å². The molecule has 4 aromatic rings. The summed E-state index contributed by atoms with van der Waals surface area (Å²) in [5.41, 5.74) is 2.08. The van der Waals surface area contributed by atoms with Crippen LogP contribution in [0.2, 0.25) is 0 Å². The SMILES string of the molecule is Cc1c(C(=O)O)ccc2c1CC[C@@H]2NC(=O)c1cc(C(=O)NCc2ccc3c(c2)NC(=O)C(C)(C)O3)nc2c(F)cnn12. The Balaban J connectivity index is 1.22. The van der Waals surface area contributed by atoms with Gasteiger partial charge in [0.15, 0.2) is 17.1 Å². The lowest BCUT2D eigenvalue weighted by atomic mass is 9.98. The number of benzene rings is 2. The first kappa shape index (κ1) is 27.8. The van der Waals surface area contributed by atoms with E-state index < -0.39 is 35.2 Å². The van der Waals surface area contributed by atoms with E-state index in [9.17, 15) is 28.7 Å². The predicted molar refractivity (Wildman–Crippen MR) is 151 cm³/mol. The van der Waals surface area contributed by atoms with E-state index in [1.807, 2.05) is 0 Å². The first-order chi connectivity index (χ1) is 20.4. The van der Waals surface area contributed by atoms with Gasteiger partial charge < -0.3 is 25.8 Å². The number of hydrogen-bond acceptors (Lipinski definition) is 7. The molecule has 3 heterocycles.